The number of aryl methyl sites for hydroxylation is 1. The van der Waals surface area contributed by atoms with Gasteiger partial charge in [0.1, 0.15) is 5.69 Å². The number of hydrogen-bond donors (Lipinski definition) is 0. The Morgan fingerprint density at radius 3 is 2.20 bits per heavy atom. The summed E-state index contributed by atoms with van der Waals surface area (Å²) in [7, 11) is 1.82. The molecular formula is C17H14N2O. The van der Waals surface area contributed by atoms with E-state index >= 15 is 0 Å². The zero-order valence-electron chi connectivity index (χ0n) is 11.2. The van der Waals surface area contributed by atoms with Crippen molar-refractivity contribution in [2.45, 2.75) is 0 Å². The Morgan fingerprint density at radius 2 is 1.60 bits per heavy atom. The summed E-state index contributed by atoms with van der Waals surface area (Å²) in [4.78, 5) is 16.3. The summed E-state index contributed by atoms with van der Waals surface area (Å²) in [5, 5.41) is 0. The van der Waals surface area contributed by atoms with Crippen molar-refractivity contribution in [3.8, 4) is 11.1 Å². The number of aromatic nitrogens is 2. The molecule has 3 rings (SSSR count). The molecule has 0 amide bonds. The van der Waals surface area contributed by atoms with E-state index < -0.39 is 0 Å². The lowest BCUT2D eigenvalue weighted by molar-refractivity contribution is 0.103. The highest BCUT2D eigenvalue weighted by Gasteiger charge is 2.12. The largest absolute Gasteiger partial charge is 0.331 e. The van der Waals surface area contributed by atoms with Crippen LogP contribution in [0.25, 0.3) is 11.1 Å². The molecule has 3 heteroatoms. The van der Waals surface area contributed by atoms with Gasteiger partial charge in [0.05, 0.1) is 12.5 Å². The summed E-state index contributed by atoms with van der Waals surface area (Å²) in [6.45, 7) is 0. The zero-order chi connectivity index (χ0) is 13.9. The Labute approximate surface area is 117 Å². The third-order valence-corrected chi connectivity index (χ3v) is 3.30. The molecule has 0 unspecified atom stereocenters. The summed E-state index contributed by atoms with van der Waals surface area (Å²) in [6, 6.07) is 17.8. The van der Waals surface area contributed by atoms with Crippen LogP contribution in [0.3, 0.4) is 0 Å². The van der Waals surface area contributed by atoms with Gasteiger partial charge in [0, 0.05) is 12.6 Å². The molecule has 1 aromatic heterocycles. The molecule has 0 radical (unpaired) electrons. The van der Waals surface area contributed by atoms with E-state index in [1.807, 2.05) is 49.5 Å². The van der Waals surface area contributed by atoms with Crippen molar-refractivity contribution in [1.82, 2.24) is 9.55 Å². The van der Waals surface area contributed by atoms with Gasteiger partial charge in [-0.2, -0.15) is 0 Å². The number of benzene rings is 2. The molecule has 0 saturated carbocycles. The van der Waals surface area contributed by atoms with Crippen LogP contribution in [0, 0.1) is 0 Å². The van der Waals surface area contributed by atoms with E-state index in [0.29, 0.717) is 11.3 Å². The van der Waals surface area contributed by atoms with Gasteiger partial charge in [0.2, 0.25) is 5.78 Å². The average Bonchev–Trinajstić information content (AvgIpc) is 2.94. The predicted molar refractivity (Wildman–Crippen MR) is 78.5 cm³/mol. The van der Waals surface area contributed by atoms with E-state index in [2.05, 4.69) is 17.1 Å². The molecule has 0 fully saturated rings. The molecule has 0 saturated heterocycles. The number of carbonyl (C=O) groups is 1. The van der Waals surface area contributed by atoms with Crippen molar-refractivity contribution in [2.24, 2.45) is 7.05 Å². The molecule has 3 aromatic rings. The van der Waals surface area contributed by atoms with Gasteiger partial charge in [-0.1, -0.05) is 54.6 Å². The first-order chi connectivity index (χ1) is 9.75. The van der Waals surface area contributed by atoms with Crippen LogP contribution < -0.4 is 0 Å². The molecule has 2 aromatic carbocycles. The van der Waals surface area contributed by atoms with Gasteiger partial charge < -0.3 is 4.57 Å². The van der Waals surface area contributed by atoms with Crippen molar-refractivity contribution >= 4 is 5.78 Å². The van der Waals surface area contributed by atoms with Gasteiger partial charge in [0.25, 0.3) is 0 Å². The normalized spacial score (nSPS) is 10.4. The number of ketones is 1. The summed E-state index contributed by atoms with van der Waals surface area (Å²) in [5.74, 6) is -0.00962. The van der Waals surface area contributed by atoms with Gasteiger partial charge in [0.15, 0.2) is 0 Å². The molecule has 3 nitrogen and oxygen atoms in total. The lowest BCUT2D eigenvalue weighted by atomic mass is 10.0. The molecule has 0 bridgehead atoms. The van der Waals surface area contributed by atoms with Gasteiger partial charge in [-0.25, -0.2) is 4.98 Å². The maximum atomic E-state index is 12.3. The van der Waals surface area contributed by atoms with E-state index in [0.717, 1.165) is 11.1 Å². The summed E-state index contributed by atoms with van der Waals surface area (Å²) < 4.78 is 1.73. The van der Waals surface area contributed by atoms with Crippen molar-refractivity contribution < 1.29 is 4.79 Å². The summed E-state index contributed by atoms with van der Waals surface area (Å²) in [6.07, 6.45) is 3.22. The van der Waals surface area contributed by atoms with E-state index in [-0.39, 0.29) is 5.78 Å². The lowest BCUT2D eigenvalue weighted by Gasteiger charge is -2.04. The van der Waals surface area contributed by atoms with Gasteiger partial charge in [-0.15, -0.1) is 0 Å². The van der Waals surface area contributed by atoms with Gasteiger partial charge in [-0.3, -0.25) is 4.79 Å². The predicted octanol–water partition coefficient (Wildman–Crippen LogP) is 3.32. The van der Waals surface area contributed by atoms with E-state index in [9.17, 15) is 4.79 Å². The highest BCUT2D eigenvalue weighted by molar-refractivity contribution is 6.07. The molecule has 0 aliphatic carbocycles. The third kappa shape index (κ3) is 2.26. The minimum atomic E-state index is -0.00962. The van der Waals surface area contributed by atoms with Crippen LogP contribution in [0.2, 0.25) is 0 Å². The number of nitrogens with zero attached hydrogens (tertiary/aromatic N) is 2. The molecule has 0 aliphatic rings. The minimum absolute atomic E-state index is 0.00962. The quantitative estimate of drug-likeness (QED) is 0.679. The fraction of sp³-hybridized carbons (Fsp3) is 0.0588. The Hall–Kier alpha value is -2.68. The second-order valence-corrected chi connectivity index (χ2v) is 4.66. The van der Waals surface area contributed by atoms with Crippen LogP contribution >= 0.6 is 0 Å². The van der Waals surface area contributed by atoms with Crippen LogP contribution in [0.5, 0.6) is 0 Å². The monoisotopic (exact) mass is 262 g/mol. The van der Waals surface area contributed by atoms with Gasteiger partial charge >= 0.3 is 0 Å². The van der Waals surface area contributed by atoms with Crippen LogP contribution in [0.1, 0.15) is 16.1 Å². The van der Waals surface area contributed by atoms with Crippen molar-refractivity contribution in [1.29, 1.82) is 0 Å². The van der Waals surface area contributed by atoms with Crippen molar-refractivity contribution in [3.05, 3.63) is 78.4 Å². The first-order valence-corrected chi connectivity index (χ1v) is 6.42. The average molecular weight is 262 g/mol. The number of rotatable bonds is 3. The van der Waals surface area contributed by atoms with Crippen LogP contribution in [0.15, 0.2) is 67.1 Å². The molecule has 0 aliphatic heterocycles. The SMILES string of the molecule is Cn1cncc1C(=O)c1ccc(-c2ccccc2)cc1. The highest BCUT2D eigenvalue weighted by Crippen LogP contribution is 2.20. The number of hydrogen-bond acceptors (Lipinski definition) is 2. The van der Waals surface area contributed by atoms with Crippen LogP contribution in [-0.4, -0.2) is 15.3 Å². The number of imidazole rings is 1. The molecule has 0 atom stereocenters. The molecule has 0 N–H and O–H groups in total. The summed E-state index contributed by atoms with van der Waals surface area (Å²) in [5.41, 5.74) is 3.52. The Bertz CT molecular complexity index is 727. The second kappa shape index (κ2) is 5.13. The first-order valence-electron chi connectivity index (χ1n) is 6.42. The minimum Gasteiger partial charge on any atom is -0.331 e. The maximum absolute atomic E-state index is 12.3. The topological polar surface area (TPSA) is 34.9 Å². The van der Waals surface area contributed by atoms with Gasteiger partial charge in [-0.05, 0) is 11.1 Å². The fourth-order valence-electron chi connectivity index (χ4n) is 2.17. The lowest BCUT2D eigenvalue weighted by Crippen LogP contribution is -2.06. The molecular weight excluding hydrogens is 248 g/mol. The van der Waals surface area contributed by atoms with E-state index in [1.54, 1.807) is 17.1 Å². The first kappa shape index (κ1) is 12.4. The molecule has 1 heterocycles. The standard InChI is InChI=1S/C17H14N2O/c1-19-12-18-11-16(19)17(20)15-9-7-14(8-10-15)13-5-3-2-4-6-13/h2-12H,1H3. The smallest absolute Gasteiger partial charge is 0.210 e. The third-order valence-electron chi connectivity index (χ3n) is 3.30. The van der Waals surface area contributed by atoms with Crippen molar-refractivity contribution in [3.63, 3.8) is 0 Å². The highest BCUT2D eigenvalue weighted by atomic mass is 16.1. The van der Waals surface area contributed by atoms with Crippen LogP contribution in [0.4, 0.5) is 0 Å². The zero-order valence-corrected chi connectivity index (χ0v) is 11.2. The van der Waals surface area contributed by atoms with Crippen molar-refractivity contribution in [2.75, 3.05) is 0 Å². The second-order valence-electron chi connectivity index (χ2n) is 4.66. The van der Waals surface area contributed by atoms with E-state index in [1.165, 1.54) is 0 Å². The Morgan fingerprint density at radius 1 is 0.950 bits per heavy atom. The fourth-order valence-corrected chi connectivity index (χ4v) is 2.17. The molecule has 20 heavy (non-hydrogen) atoms. The van der Waals surface area contributed by atoms with Crippen LogP contribution in [-0.2, 0) is 7.05 Å². The molecule has 98 valence electrons. The molecule has 0 spiro atoms. The summed E-state index contributed by atoms with van der Waals surface area (Å²) >= 11 is 0. The van der Waals surface area contributed by atoms with E-state index in [4.69, 9.17) is 0 Å². The Balaban J connectivity index is 1.91. The maximum Gasteiger partial charge on any atom is 0.210 e. The number of carbonyl (C=O) groups excluding carboxylic acids is 1. The Kier molecular flexibility index (Phi) is 3.17.